The van der Waals surface area contributed by atoms with E-state index in [0.717, 1.165) is 11.6 Å². The third kappa shape index (κ3) is 4.39. The Hall–Kier alpha value is -2.14. The first-order valence-corrected chi connectivity index (χ1v) is 5.33. The zero-order valence-corrected chi connectivity index (χ0v) is 10.3. The highest BCUT2D eigenvalue weighted by Crippen LogP contribution is 2.17. The van der Waals surface area contributed by atoms with Crippen molar-refractivity contribution >= 4 is 23.6 Å². The van der Waals surface area contributed by atoms with Crippen molar-refractivity contribution in [2.45, 2.75) is 6.92 Å². The maximum Gasteiger partial charge on any atom is 0.328 e. The van der Waals surface area contributed by atoms with Gasteiger partial charge < -0.3 is 15.2 Å². The number of aryl methyl sites for hydroxylation is 1. The van der Waals surface area contributed by atoms with Crippen LogP contribution in [0.25, 0.3) is 6.08 Å². The van der Waals surface area contributed by atoms with Crippen LogP contribution in [0.1, 0.15) is 11.1 Å². The summed E-state index contributed by atoms with van der Waals surface area (Å²) in [6, 6.07) is 5.30. The fourth-order valence-electron chi connectivity index (χ4n) is 1.36. The Morgan fingerprint density at radius 2 is 2.17 bits per heavy atom. The number of anilines is 1. The zero-order chi connectivity index (χ0) is 13.5. The average Bonchev–Trinajstić information content (AvgIpc) is 2.30. The Bertz CT molecular complexity index is 480. The van der Waals surface area contributed by atoms with Crippen LogP contribution in [-0.4, -0.2) is 30.7 Å². The average molecular weight is 249 g/mol. The molecule has 0 saturated carbocycles. The molecule has 0 unspecified atom stereocenters. The van der Waals surface area contributed by atoms with Gasteiger partial charge in [0.05, 0.1) is 0 Å². The lowest BCUT2D eigenvalue weighted by Gasteiger charge is -2.08. The van der Waals surface area contributed by atoms with Gasteiger partial charge >= 0.3 is 5.97 Å². The van der Waals surface area contributed by atoms with Gasteiger partial charge in [0.25, 0.3) is 0 Å². The lowest BCUT2D eigenvalue weighted by atomic mass is 10.1. The number of carbonyl (C=O) groups is 2. The number of carboxylic acid groups (broad SMARTS) is 1. The number of carboxylic acids is 1. The fraction of sp³-hybridized carbons (Fsp3) is 0.231. The third-order valence-electron chi connectivity index (χ3n) is 2.23. The second-order valence-corrected chi connectivity index (χ2v) is 3.73. The van der Waals surface area contributed by atoms with E-state index in [1.54, 1.807) is 12.1 Å². The van der Waals surface area contributed by atoms with Crippen molar-refractivity contribution in [2.75, 3.05) is 19.0 Å². The van der Waals surface area contributed by atoms with E-state index in [4.69, 9.17) is 9.84 Å². The maximum absolute atomic E-state index is 11.4. The molecule has 18 heavy (non-hydrogen) atoms. The number of benzene rings is 1. The van der Waals surface area contributed by atoms with Crippen LogP contribution in [0.2, 0.25) is 0 Å². The molecule has 0 aliphatic heterocycles. The molecule has 0 fully saturated rings. The number of rotatable bonds is 5. The number of nitrogens with one attached hydrogen (secondary N) is 1. The molecule has 0 spiro atoms. The molecule has 96 valence electrons. The molecule has 0 atom stereocenters. The van der Waals surface area contributed by atoms with Crippen molar-refractivity contribution in [3.05, 3.63) is 35.4 Å². The van der Waals surface area contributed by atoms with Crippen molar-refractivity contribution in [3.8, 4) is 0 Å². The van der Waals surface area contributed by atoms with Crippen molar-refractivity contribution in [3.63, 3.8) is 0 Å². The first-order chi connectivity index (χ1) is 8.52. The molecule has 1 rings (SSSR count). The molecular weight excluding hydrogens is 234 g/mol. The standard InChI is InChI=1S/C13H15NO4/c1-9-3-4-10(5-6-13(16)17)7-11(9)14-12(15)8-18-2/h3-7H,8H2,1-2H3,(H,14,15)(H,16,17). The predicted molar refractivity (Wildman–Crippen MR) is 68.4 cm³/mol. The highest BCUT2D eigenvalue weighted by molar-refractivity contribution is 5.93. The Balaban J connectivity index is 2.87. The van der Waals surface area contributed by atoms with Crippen molar-refractivity contribution in [1.29, 1.82) is 0 Å². The fourth-order valence-corrected chi connectivity index (χ4v) is 1.36. The summed E-state index contributed by atoms with van der Waals surface area (Å²) in [5.74, 6) is -1.26. The quantitative estimate of drug-likeness (QED) is 0.778. The molecule has 1 aromatic carbocycles. The third-order valence-corrected chi connectivity index (χ3v) is 2.23. The Labute approximate surface area is 105 Å². The number of hydrogen-bond donors (Lipinski definition) is 2. The molecule has 1 amide bonds. The number of methoxy groups -OCH3 is 1. The molecule has 0 bridgehead atoms. The molecule has 5 heteroatoms. The van der Waals surface area contributed by atoms with E-state index in [2.05, 4.69) is 5.32 Å². The van der Waals surface area contributed by atoms with E-state index in [0.29, 0.717) is 11.3 Å². The van der Waals surface area contributed by atoms with Gasteiger partial charge in [-0.2, -0.15) is 0 Å². The Morgan fingerprint density at radius 3 is 2.78 bits per heavy atom. The normalized spacial score (nSPS) is 10.6. The Kier molecular flexibility index (Phi) is 5.07. The topological polar surface area (TPSA) is 75.6 Å². The number of hydrogen-bond acceptors (Lipinski definition) is 3. The molecule has 0 saturated heterocycles. The van der Waals surface area contributed by atoms with Crippen LogP contribution >= 0.6 is 0 Å². The van der Waals surface area contributed by atoms with E-state index in [1.807, 2.05) is 13.0 Å². The largest absolute Gasteiger partial charge is 0.478 e. The summed E-state index contributed by atoms with van der Waals surface area (Å²) in [6.45, 7) is 1.84. The highest BCUT2D eigenvalue weighted by atomic mass is 16.5. The second kappa shape index (κ2) is 6.56. The predicted octanol–water partition coefficient (Wildman–Crippen LogP) is 1.68. The van der Waals surface area contributed by atoms with Crippen molar-refractivity contribution in [2.24, 2.45) is 0 Å². The number of ether oxygens (including phenoxy) is 1. The van der Waals surface area contributed by atoms with E-state index in [1.165, 1.54) is 13.2 Å². The summed E-state index contributed by atoms with van der Waals surface area (Å²) in [7, 11) is 1.44. The minimum Gasteiger partial charge on any atom is -0.478 e. The van der Waals surface area contributed by atoms with Crippen molar-refractivity contribution in [1.82, 2.24) is 0 Å². The van der Waals surface area contributed by atoms with E-state index in [9.17, 15) is 9.59 Å². The molecular formula is C13H15NO4. The summed E-state index contributed by atoms with van der Waals surface area (Å²) in [6.07, 6.45) is 2.51. The zero-order valence-electron chi connectivity index (χ0n) is 10.3. The summed E-state index contributed by atoms with van der Waals surface area (Å²) < 4.78 is 4.72. The second-order valence-electron chi connectivity index (χ2n) is 3.73. The molecule has 0 radical (unpaired) electrons. The minimum atomic E-state index is -1.01. The molecule has 0 aromatic heterocycles. The van der Waals surface area contributed by atoms with Gasteiger partial charge in [0.15, 0.2) is 0 Å². The molecule has 2 N–H and O–H groups in total. The van der Waals surface area contributed by atoms with Gasteiger partial charge in [-0.3, -0.25) is 4.79 Å². The smallest absolute Gasteiger partial charge is 0.328 e. The van der Waals surface area contributed by atoms with Crippen LogP contribution in [0.5, 0.6) is 0 Å². The molecule has 5 nitrogen and oxygen atoms in total. The van der Waals surface area contributed by atoms with Crippen LogP contribution in [0.15, 0.2) is 24.3 Å². The molecule has 1 aromatic rings. The van der Waals surface area contributed by atoms with Crippen LogP contribution in [0, 0.1) is 6.92 Å². The van der Waals surface area contributed by atoms with Gasteiger partial charge in [-0.15, -0.1) is 0 Å². The molecule has 0 aliphatic rings. The monoisotopic (exact) mass is 249 g/mol. The Morgan fingerprint density at radius 1 is 1.44 bits per heavy atom. The first-order valence-electron chi connectivity index (χ1n) is 5.33. The summed E-state index contributed by atoms with van der Waals surface area (Å²) in [5, 5.41) is 11.2. The summed E-state index contributed by atoms with van der Waals surface area (Å²) in [5.41, 5.74) is 2.24. The van der Waals surface area contributed by atoms with Gasteiger partial charge in [-0.1, -0.05) is 12.1 Å². The lowest BCUT2D eigenvalue weighted by Crippen LogP contribution is -2.17. The minimum absolute atomic E-state index is 0.0192. The summed E-state index contributed by atoms with van der Waals surface area (Å²) in [4.78, 5) is 21.8. The van der Waals surface area contributed by atoms with Crippen LogP contribution in [-0.2, 0) is 14.3 Å². The van der Waals surface area contributed by atoms with Gasteiger partial charge in [-0.25, -0.2) is 4.79 Å². The molecule has 0 heterocycles. The number of carbonyl (C=O) groups excluding carboxylic acids is 1. The van der Waals surface area contributed by atoms with Gasteiger partial charge in [0.2, 0.25) is 5.91 Å². The van der Waals surface area contributed by atoms with Crippen molar-refractivity contribution < 1.29 is 19.4 Å². The SMILES string of the molecule is COCC(=O)Nc1cc(C=CC(=O)O)ccc1C. The summed E-state index contributed by atoms with van der Waals surface area (Å²) >= 11 is 0. The van der Waals surface area contributed by atoms with Gasteiger partial charge in [0.1, 0.15) is 6.61 Å². The molecule has 0 aliphatic carbocycles. The van der Waals surface area contributed by atoms with Crippen LogP contribution < -0.4 is 5.32 Å². The van der Waals surface area contributed by atoms with E-state index < -0.39 is 5.97 Å². The van der Waals surface area contributed by atoms with Crippen LogP contribution in [0.4, 0.5) is 5.69 Å². The van der Waals surface area contributed by atoms with Gasteiger partial charge in [0, 0.05) is 18.9 Å². The maximum atomic E-state index is 11.4. The highest BCUT2D eigenvalue weighted by Gasteiger charge is 2.04. The number of aliphatic carboxylic acids is 1. The van der Waals surface area contributed by atoms with Crippen LogP contribution in [0.3, 0.4) is 0 Å². The lowest BCUT2D eigenvalue weighted by molar-refractivity contribution is -0.131. The van der Waals surface area contributed by atoms with E-state index in [-0.39, 0.29) is 12.5 Å². The first kappa shape index (κ1) is 13.9. The number of amides is 1. The van der Waals surface area contributed by atoms with E-state index >= 15 is 0 Å². The van der Waals surface area contributed by atoms with Gasteiger partial charge in [-0.05, 0) is 30.2 Å².